The van der Waals surface area contributed by atoms with Crippen molar-refractivity contribution in [1.82, 2.24) is 0 Å². The molecule has 5 aliphatic rings. The lowest BCUT2D eigenvalue weighted by Gasteiger charge is -2.34. The number of para-hydroxylation sites is 2. The van der Waals surface area contributed by atoms with E-state index in [1.54, 1.807) is 0 Å². The van der Waals surface area contributed by atoms with Gasteiger partial charge in [0.05, 0.1) is 16.5 Å². The van der Waals surface area contributed by atoms with Crippen LogP contribution in [0.1, 0.15) is 113 Å². The lowest BCUT2D eigenvalue weighted by molar-refractivity contribution is 0.590. The lowest BCUT2D eigenvalue weighted by atomic mass is 9.68. The van der Waals surface area contributed by atoms with Gasteiger partial charge in [-0.25, -0.2) is 0 Å². The summed E-state index contributed by atoms with van der Waals surface area (Å²) in [6, 6.07) is 95.3. The highest BCUT2D eigenvalue weighted by atomic mass is 16.3. The van der Waals surface area contributed by atoms with Gasteiger partial charge < -0.3 is 13.7 Å². The summed E-state index contributed by atoms with van der Waals surface area (Å²) < 4.78 is 13.9. The fraction of sp³-hybridized carbons (Fsp3) is 0.133. The zero-order valence-electron chi connectivity index (χ0n) is 53.4. The van der Waals surface area contributed by atoms with Gasteiger partial charge in [-0.1, -0.05) is 228 Å². The third-order valence-corrected chi connectivity index (χ3v) is 22.5. The van der Waals surface area contributed by atoms with Crippen molar-refractivity contribution in [2.24, 2.45) is 0 Å². The van der Waals surface area contributed by atoms with Crippen LogP contribution in [-0.2, 0) is 21.7 Å². The minimum Gasteiger partial charge on any atom is -0.456 e. The molecular weight excluding hydrogens is 1130 g/mol. The largest absolute Gasteiger partial charge is 0.456 e. The SMILES string of the molecule is Cc1cc(C)c(N(c2ccc3c(c2)C(C)(C)c2cc(-c4ccc(C(C)(C)C)cc4)c4oc5ccccc5c4c2-3)c2ccc3c(c2)C2(c4ccccc4-c4ccccc42)c2cc4c(cc2-3)C2(c3ccccc3-c3ccccc32)c2ccc3oc5ccccc5c3c2-4)c(C)c1. The Morgan fingerprint density at radius 3 is 1.40 bits per heavy atom. The molecule has 0 saturated heterocycles. The second kappa shape index (κ2) is 18.1. The van der Waals surface area contributed by atoms with E-state index in [-0.39, 0.29) is 10.8 Å². The Balaban J connectivity index is 0.847. The Kier molecular flexibility index (Phi) is 10.3. The zero-order valence-corrected chi connectivity index (χ0v) is 53.4. The Morgan fingerprint density at radius 2 is 0.796 bits per heavy atom. The summed E-state index contributed by atoms with van der Waals surface area (Å²) >= 11 is 0. The number of furan rings is 2. The number of aryl methyl sites for hydroxylation is 3. The Labute approximate surface area is 541 Å². The molecule has 20 rings (SSSR count). The van der Waals surface area contributed by atoms with E-state index in [4.69, 9.17) is 8.83 Å². The van der Waals surface area contributed by atoms with E-state index in [9.17, 15) is 0 Å². The molecule has 3 nitrogen and oxygen atoms in total. The van der Waals surface area contributed by atoms with Crippen molar-refractivity contribution in [3.05, 3.63) is 327 Å². The quantitative estimate of drug-likeness (QED) is 0.176. The molecule has 0 aliphatic heterocycles. The summed E-state index contributed by atoms with van der Waals surface area (Å²) in [6.07, 6.45) is 0. The number of rotatable bonds is 4. The van der Waals surface area contributed by atoms with E-state index in [1.807, 2.05) is 0 Å². The summed E-state index contributed by atoms with van der Waals surface area (Å²) in [6.45, 7) is 18.5. The number of benzene rings is 13. The van der Waals surface area contributed by atoms with Crippen molar-refractivity contribution >= 4 is 60.9 Å². The normalized spacial score (nSPS) is 14.9. The van der Waals surface area contributed by atoms with Gasteiger partial charge in [0, 0.05) is 43.9 Å². The van der Waals surface area contributed by atoms with Crippen molar-refractivity contribution in [1.29, 1.82) is 0 Å². The standard InChI is InChI=1S/C90H65NO2/c1-50-43-51(2)85(52(3)44-50)91(55-38-40-62-73(45-55)88(7,8)77-47-65(53-33-35-54(36-34-53)87(4,5)6)86-84(81(62)77)64-26-14-20-32-79(64)93-86)56-37-39-61-66-48-76-67(49-75(66)90(74(61)46-56)70-29-17-11-23-59(70)60-24-12-18-30-71(60)90)82-72(41-42-80-83(82)63-25-13-19-31-78(63)92-80)89(76)68-27-15-9-21-57(68)58-22-10-16-28-69(58)89/h9-49H,1-8H3. The molecule has 442 valence electrons. The summed E-state index contributed by atoms with van der Waals surface area (Å²) in [5, 5.41) is 4.65. The Morgan fingerprint density at radius 1 is 0.333 bits per heavy atom. The monoisotopic (exact) mass is 1190 g/mol. The molecule has 93 heavy (non-hydrogen) atoms. The molecule has 2 heterocycles. The van der Waals surface area contributed by atoms with Crippen molar-refractivity contribution in [2.45, 2.75) is 77.0 Å². The van der Waals surface area contributed by atoms with Crippen LogP contribution < -0.4 is 4.90 Å². The van der Waals surface area contributed by atoms with Crippen LogP contribution in [0.4, 0.5) is 17.1 Å². The molecule has 0 unspecified atom stereocenters. The summed E-state index contributed by atoms with van der Waals surface area (Å²) in [5.74, 6) is 0. The molecular formula is C90H65NO2. The van der Waals surface area contributed by atoms with Crippen molar-refractivity contribution in [3.63, 3.8) is 0 Å². The average Bonchev–Trinajstić information content (AvgIpc) is 1.48. The van der Waals surface area contributed by atoms with Gasteiger partial charge in [0.2, 0.25) is 0 Å². The third-order valence-electron chi connectivity index (χ3n) is 22.5. The van der Waals surface area contributed by atoms with Crippen LogP contribution in [0.25, 0.3) is 111 Å². The van der Waals surface area contributed by atoms with E-state index in [0.29, 0.717) is 0 Å². The molecule has 3 heteroatoms. The molecule has 0 N–H and O–H groups in total. The van der Waals surface area contributed by atoms with Gasteiger partial charge in [0.25, 0.3) is 0 Å². The molecule has 0 amide bonds. The molecule has 0 fully saturated rings. The topological polar surface area (TPSA) is 29.5 Å². The van der Waals surface area contributed by atoms with Crippen LogP contribution in [0, 0.1) is 20.8 Å². The molecule has 0 atom stereocenters. The third kappa shape index (κ3) is 6.59. The first kappa shape index (κ1) is 53.0. The van der Waals surface area contributed by atoms with Gasteiger partial charge in [-0.3, -0.25) is 0 Å². The van der Waals surface area contributed by atoms with Crippen molar-refractivity contribution in [2.75, 3.05) is 4.90 Å². The smallest absolute Gasteiger partial charge is 0.143 e. The number of nitrogens with zero attached hydrogens (tertiary/aromatic N) is 1. The number of hydrogen-bond donors (Lipinski definition) is 0. The maximum atomic E-state index is 7.01. The Bertz CT molecular complexity index is 5760. The van der Waals surface area contributed by atoms with Crippen LogP contribution >= 0.6 is 0 Å². The Hall–Kier alpha value is -10.7. The molecule has 15 aromatic rings. The zero-order chi connectivity index (χ0) is 62.3. The molecule has 2 spiro atoms. The first-order valence-electron chi connectivity index (χ1n) is 33.0. The molecule has 0 radical (unpaired) electrons. The maximum absolute atomic E-state index is 7.01. The average molecular weight is 1190 g/mol. The van der Waals surface area contributed by atoms with E-state index < -0.39 is 10.8 Å². The van der Waals surface area contributed by atoms with E-state index in [2.05, 4.69) is 309 Å². The maximum Gasteiger partial charge on any atom is 0.143 e. The van der Waals surface area contributed by atoms with Gasteiger partial charge in [0.15, 0.2) is 0 Å². The molecule has 0 saturated carbocycles. The molecule has 13 aromatic carbocycles. The summed E-state index contributed by atoms with van der Waals surface area (Å²) in [4.78, 5) is 2.59. The lowest BCUT2D eigenvalue weighted by Crippen LogP contribution is -2.27. The van der Waals surface area contributed by atoms with Crippen LogP contribution in [0.3, 0.4) is 0 Å². The number of anilines is 3. The summed E-state index contributed by atoms with van der Waals surface area (Å²) in [7, 11) is 0. The predicted octanol–water partition coefficient (Wildman–Crippen LogP) is 23.8. The highest BCUT2D eigenvalue weighted by molar-refractivity contribution is 6.20. The van der Waals surface area contributed by atoms with E-state index in [1.165, 1.54) is 150 Å². The van der Waals surface area contributed by atoms with E-state index in [0.717, 1.165) is 55.6 Å². The minimum atomic E-state index is -0.676. The van der Waals surface area contributed by atoms with Crippen molar-refractivity contribution in [3.8, 4) is 66.8 Å². The molecule has 2 aromatic heterocycles. The van der Waals surface area contributed by atoms with Gasteiger partial charge in [0.1, 0.15) is 22.3 Å². The molecule has 5 aliphatic carbocycles. The first-order valence-corrected chi connectivity index (χ1v) is 33.0. The summed E-state index contributed by atoms with van der Waals surface area (Å²) in [5.41, 5.74) is 38.7. The van der Waals surface area contributed by atoms with Gasteiger partial charge in [-0.15, -0.1) is 0 Å². The van der Waals surface area contributed by atoms with Crippen LogP contribution in [0.2, 0.25) is 0 Å². The second-order valence-corrected chi connectivity index (χ2v) is 28.7. The fourth-order valence-electron chi connectivity index (χ4n) is 18.7. The van der Waals surface area contributed by atoms with Crippen LogP contribution in [-0.4, -0.2) is 0 Å². The van der Waals surface area contributed by atoms with Crippen LogP contribution in [0.5, 0.6) is 0 Å². The predicted molar refractivity (Wildman–Crippen MR) is 384 cm³/mol. The number of hydrogen-bond acceptors (Lipinski definition) is 3. The fourth-order valence-corrected chi connectivity index (χ4v) is 18.7. The molecule has 0 bridgehead atoms. The van der Waals surface area contributed by atoms with Gasteiger partial charge in [-0.2, -0.15) is 0 Å². The first-order chi connectivity index (χ1) is 45.2. The minimum absolute atomic E-state index is 0.0366. The number of fused-ring (bicyclic) bond motifs is 31. The highest BCUT2D eigenvalue weighted by Crippen LogP contribution is 2.70. The van der Waals surface area contributed by atoms with Crippen LogP contribution in [0.15, 0.2) is 258 Å². The van der Waals surface area contributed by atoms with Crippen molar-refractivity contribution < 1.29 is 8.83 Å². The van der Waals surface area contributed by atoms with Gasteiger partial charge in [-0.05, 0) is 220 Å². The van der Waals surface area contributed by atoms with E-state index >= 15 is 0 Å². The highest BCUT2D eigenvalue weighted by Gasteiger charge is 2.57. The van der Waals surface area contributed by atoms with Gasteiger partial charge >= 0.3 is 0 Å². The second-order valence-electron chi connectivity index (χ2n) is 28.7.